The Balaban J connectivity index is 2.35. The van der Waals surface area contributed by atoms with Gasteiger partial charge >= 0.3 is 6.09 Å². The van der Waals surface area contributed by atoms with Crippen molar-refractivity contribution in [3.8, 4) is 0 Å². The molecule has 0 atom stereocenters. The predicted octanol–water partition coefficient (Wildman–Crippen LogP) is 1.73. The molecule has 0 aromatic carbocycles. The van der Waals surface area contributed by atoms with Crippen LogP contribution in [0.4, 0.5) is 4.79 Å². The molecule has 0 aliphatic carbocycles. The molecule has 0 saturated carbocycles. The average Bonchev–Trinajstić information content (AvgIpc) is 1.96. The Hall–Kier alpha value is -0.770. The summed E-state index contributed by atoms with van der Waals surface area (Å²) in [5, 5.41) is 0. The molecule has 0 aromatic heterocycles. The van der Waals surface area contributed by atoms with Crippen molar-refractivity contribution in [3.63, 3.8) is 0 Å². The summed E-state index contributed by atoms with van der Waals surface area (Å²) in [5.74, 6) is 0. The minimum atomic E-state index is -0.422. The van der Waals surface area contributed by atoms with Crippen LogP contribution in [0, 0.1) is 0 Å². The summed E-state index contributed by atoms with van der Waals surface area (Å²) in [6.45, 7) is 8.95. The van der Waals surface area contributed by atoms with Gasteiger partial charge in [0, 0.05) is 13.1 Å². The van der Waals surface area contributed by atoms with Gasteiger partial charge in [-0.3, -0.25) is 0 Å². The summed E-state index contributed by atoms with van der Waals surface area (Å²) in [6.07, 6.45) is 1.77. The van der Waals surface area contributed by atoms with E-state index in [9.17, 15) is 4.79 Å². The molecule has 1 rings (SSSR count). The van der Waals surface area contributed by atoms with E-state index in [2.05, 4.69) is 6.92 Å². The van der Waals surface area contributed by atoms with E-state index in [-0.39, 0.29) is 11.6 Å². The average molecular weight is 214 g/mol. The molecule has 0 bridgehead atoms. The number of likely N-dealkylation sites (tertiary alicyclic amines) is 1. The van der Waals surface area contributed by atoms with Crippen LogP contribution in [0.25, 0.3) is 0 Å². The Kier molecular flexibility index (Phi) is 3.28. The van der Waals surface area contributed by atoms with E-state index >= 15 is 0 Å². The maximum Gasteiger partial charge on any atom is 0.410 e. The number of nitrogens with zero attached hydrogens (tertiary/aromatic N) is 1. The third kappa shape index (κ3) is 3.38. The largest absolute Gasteiger partial charge is 0.444 e. The van der Waals surface area contributed by atoms with Gasteiger partial charge in [0.1, 0.15) is 5.60 Å². The Morgan fingerprint density at radius 2 is 2.00 bits per heavy atom. The van der Waals surface area contributed by atoms with E-state index < -0.39 is 5.60 Å². The molecule has 4 heteroatoms. The van der Waals surface area contributed by atoms with E-state index in [0.717, 1.165) is 12.8 Å². The van der Waals surface area contributed by atoms with Crippen LogP contribution in [0.3, 0.4) is 0 Å². The van der Waals surface area contributed by atoms with Crippen LogP contribution in [0.5, 0.6) is 0 Å². The Morgan fingerprint density at radius 1 is 1.47 bits per heavy atom. The lowest BCUT2D eigenvalue weighted by atomic mass is 9.87. The van der Waals surface area contributed by atoms with E-state index in [4.69, 9.17) is 10.5 Å². The van der Waals surface area contributed by atoms with Crippen molar-refractivity contribution in [1.29, 1.82) is 0 Å². The Labute approximate surface area is 91.8 Å². The molecule has 1 aliphatic rings. The van der Waals surface area contributed by atoms with Gasteiger partial charge in [0.25, 0.3) is 0 Å². The van der Waals surface area contributed by atoms with E-state index in [1.54, 1.807) is 4.90 Å². The van der Waals surface area contributed by atoms with Crippen LogP contribution < -0.4 is 5.73 Å². The summed E-state index contributed by atoms with van der Waals surface area (Å²) in [5.41, 5.74) is 5.46. The smallest absolute Gasteiger partial charge is 0.410 e. The Bertz CT molecular complexity index is 239. The molecule has 0 spiro atoms. The van der Waals surface area contributed by atoms with Crippen molar-refractivity contribution >= 4 is 6.09 Å². The summed E-state index contributed by atoms with van der Waals surface area (Å²) in [6, 6.07) is 0. The van der Waals surface area contributed by atoms with Crippen molar-refractivity contribution < 1.29 is 9.53 Å². The van der Waals surface area contributed by atoms with Gasteiger partial charge < -0.3 is 15.4 Å². The van der Waals surface area contributed by atoms with Crippen molar-refractivity contribution in [1.82, 2.24) is 4.90 Å². The predicted molar refractivity (Wildman–Crippen MR) is 59.6 cm³/mol. The standard InChI is InChI=1S/C11H22N2O2/c1-5-6-11(12)7-13(8-11)9(14)15-10(2,3)4/h5-8,12H2,1-4H3. The minimum absolute atomic E-state index is 0.175. The fourth-order valence-electron chi connectivity index (χ4n) is 1.83. The SMILES string of the molecule is CCCC1(N)CN(C(=O)OC(C)(C)C)C1. The van der Waals surface area contributed by atoms with Crippen molar-refractivity contribution in [2.24, 2.45) is 5.73 Å². The number of carbonyl (C=O) groups excluding carboxylic acids is 1. The Morgan fingerprint density at radius 3 is 2.40 bits per heavy atom. The first-order valence-corrected chi connectivity index (χ1v) is 5.52. The van der Waals surface area contributed by atoms with Crippen LogP contribution in [0.15, 0.2) is 0 Å². The summed E-state index contributed by atoms with van der Waals surface area (Å²) in [4.78, 5) is 13.2. The first-order chi connectivity index (χ1) is 6.76. The zero-order valence-electron chi connectivity index (χ0n) is 10.2. The second-order valence-corrected chi connectivity index (χ2v) is 5.45. The van der Waals surface area contributed by atoms with Crippen molar-refractivity contribution in [2.45, 2.75) is 51.7 Å². The van der Waals surface area contributed by atoms with Crippen LogP contribution >= 0.6 is 0 Å². The number of carbonyl (C=O) groups is 1. The number of rotatable bonds is 2. The van der Waals surface area contributed by atoms with E-state index in [1.807, 2.05) is 20.8 Å². The quantitative estimate of drug-likeness (QED) is 0.761. The molecular formula is C11H22N2O2. The van der Waals surface area contributed by atoms with E-state index in [0.29, 0.717) is 13.1 Å². The molecule has 1 heterocycles. The first-order valence-electron chi connectivity index (χ1n) is 5.52. The maximum atomic E-state index is 11.6. The molecular weight excluding hydrogens is 192 g/mol. The molecule has 2 N–H and O–H groups in total. The van der Waals surface area contributed by atoms with Crippen LogP contribution in [-0.4, -0.2) is 35.2 Å². The molecule has 1 saturated heterocycles. The van der Waals surface area contributed by atoms with Gasteiger partial charge in [0.05, 0.1) is 5.54 Å². The second-order valence-electron chi connectivity index (χ2n) is 5.45. The molecule has 0 aromatic rings. The number of nitrogens with two attached hydrogens (primary N) is 1. The summed E-state index contributed by atoms with van der Waals surface area (Å²) >= 11 is 0. The molecule has 15 heavy (non-hydrogen) atoms. The molecule has 4 nitrogen and oxygen atoms in total. The number of hydrogen-bond acceptors (Lipinski definition) is 3. The van der Waals surface area contributed by atoms with Gasteiger partial charge in [0.15, 0.2) is 0 Å². The lowest BCUT2D eigenvalue weighted by Gasteiger charge is -2.47. The number of ether oxygens (including phenoxy) is 1. The fourth-order valence-corrected chi connectivity index (χ4v) is 1.83. The molecule has 1 amide bonds. The third-order valence-electron chi connectivity index (χ3n) is 2.41. The van der Waals surface area contributed by atoms with Crippen LogP contribution in [0.2, 0.25) is 0 Å². The molecule has 1 fully saturated rings. The highest BCUT2D eigenvalue weighted by Crippen LogP contribution is 2.25. The fraction of sp³-hybridized carbons (Fsp3) is 0.909. The zero-order chi connectivity index (χ0) is 11.7. The zero-order valence-corrected chi connectivity index (χ0v) is 10.2. The highest BCUT2D eigenvalue weighted by molar-refractivity contribution is 5.69. The van der Waals surface area contributed by atoms with Crippen molar-refractivity contribution in [3.05, 3.63) is 0 Å². The molecule has 1 aliphatic heterocycles. The van der Waals surface area contributed by atoms with Gasteiger partial charge in [-0.05, 0) is 27.2 Å². The lowest BCUT2D eigenvalue weighted by molar-refractivity contribution is -0.00964. The van der Waals surface area contributed by atoms with Crippen molar-refractivity contribution in [2.75, 3.05) is 13.1 Å². The molecule has 0 radical (unpaired) electrons. The highest BCUT2D eigenvalue weighted by Gasteiger charge is 2.42. The van der Waals surface area contributed by atoms with Crippen LogP contribution in [-0.2, 0) is 4.74 Å². The highest BCUT2D eigenvalue weighted by atomic mass is 16.6. The van der Waals surface area contributed by atoms with Gasteiger partial charge in [-0.2, -0.15) is 0 Å². The number of hydrogen-bond donors (Lipinski definition) is 1. The van der Waals surface area contributed by atoms with Gasteiger partial charge in [0.2, 0.25) is 0 Å². The molecule has 88 valence electrons. The van der Waals surface area contributed by atoms with E-state index in [1.165, 1.54) is 0 Å². The summed E-state index contributed by atoms with van der Waals surface area (Å²) in [7, 11) is 0. The normalized spacial score (nSPS) is 19.7. The first kappa shape index (κ1) is 12.3. The lowest BCUT2D eigenvalue weighted by Crippen LogP contribution is -2.68. The maximum absolute atomic E-state index is 11.6. The van der Waals surface area contributed by atoms with Crippen LogP contribution in [0.1, 0.15) is 40.5 Å². The second kappa shape index (κ2) is 4.00. The number of amides is 1. The minimum Gasteiger partial charge on any atom is -0.444 e. The monoisotopic (exact) mass is 214 g/mol. The third-order valence-corrected chi connectivity index (χ3v) is 2.41. The van der Waals surface area contributed by atoms with Gasteiger partial charge in [-0.15, -0.1) is 0 Å². The summed E-state index contributed by atoms with van der Waals surface area (Å²) < 4.78 is 5.24. The van der Waals surface area contributed by atoms with Gasteiger partial charge in [-0.1, -0.05) is 13.3 Å². The molecule has 0 unspecified atom stereocenters. The van der Waals surface area contributed by atoms with Gasteiger partial charge in [-0.25, -0.2) is 4.79 Å². The topological polar surface area (TPSA) is 55.6 Å².